The van der Waals surface area contributed by atoms with E-state index in [1.165, 1.54) is 0 Å². The Morgan fingerprint density at radius 2 is 1.88 bits per heavy atom. The first-order chi connectivity index (χ1) is 7.83. The number of para-hydroxylation sites is 1. The van der Waals surface area contributed by atoms with Crippen LogP contribution in [0.15, 0.2) is 47.1 Å². The molecule has 0 radical (unpaired) electrons. The summed E-state index contributed by atoms with van der Waals surface area (Å²) in [5.74, 6) is 0.572. The normalized spacial score (nSPS) is 10.8. The van der Waals surface area contributed by atoms with E-state index in [1.54, 1.807) is 6.26 Å². The predicted molar refractivity (Wildman–Crippen MR) is 62.0 cm³/mol. The first kappa shape index (κ1) is 9.09. The number of aryl methyl sites for hydroxylation is 1. The number of hydrogen-bond acceptors (Lipinski definition) is 3. The van der Waals surface area contributed by atoms with Crippen molar-refractivity contribution in [2.75, 3.05) is 0 Å². The number of oxazole rings is 1. The van der Waals surface area contributed by atoms with Gasteiger partial charge in [0.1, 0.15) is 12.0 Å². The van der Waals surface area contributed by atoms with Crippen molar-refractivity contribution in [3.8, 4) is 11.6 Å². The number of benzene rings is 1. The highest BCUT2D eigenvalue weighted by Gasteiger charge is 2.06. The summed E-state index contributed by atoms with van der Waals surface area (Å²) in [6, 6.07) is 11.9. The van der Waals surface area contributed by atoms with Crippen LogP contribution in [0.25, 0.3) is 22.5 Å². The highest BCUT2D eigenvalue weighted by atomic mass is 16.3. The fraction of sp³-hybridized carbons (Fsp3) is 0.0769. The van der Waals surface area contributed by atoms with Crippen LogP contribution in [0.4, 0.5) is 0 Å². The summed E-state index contributed by atoms with van der Waals surface area (Å²) < 4.78 is 5.33. The maximum atomic E-state index is 5.33. The van der Waals surface area contributed by atoms with Gasteiger partial charge >= 0.3 is 0 Å². The summed E-state index contributed by atoms with van der Waals surface area (Å²) in [5.41, 5.74) is 2.59. The summed E-state index contributed by atoms with van der Waals surface area (Å²) in [6.45, 7) is 1.90. The third kappa shape index (κ3) is 1.46. The Morgan fingerprint density at radius 1 is 1.00 bits per heavy atom. The van der Waals surface area contributed by atoms with E-state index in [2.05, 4.69) is 9.97 Å². The summed E-state index contributed by atoms with van der Waals surface area (Å²) >= 11 is 0. The fourth-order valence-corrected chi connectivity index (χ4v) is 1.66. The Labute approximate surface area is 92.8 Å². The molecule has 2 heterocycles. The molecule has 3 heteroatoms. The highest BCUT2D eigenvalue weighted by Crippen LogP contribution is 2.19. The molecule has 0 saturated heterocycles. The van der Waals surface area contributed by atoms with E-state index >= 15 is 0 Å². The molecule has 0 bridgehead atoms. The molecule has 0 amide bonds. The molecule has 0 spiro atoms. The Kier molecular flexibility index (Phi) is 1.96. The molecule has 0 aliphatic heterocycles. The predicted octanol–water partition coefficient (Wildman–Crippen LogP) is 3.20. The number of rotatable bonds is 1. The third-order valence-electron chi connectivity index (χ3n) is 2.44. The molecule has 0 aliphatic carbocycles. The second-order valence-electron chi connectivity index (χ2n) is 3.68. The fourth-order valence-electron chi connectivity index (χ4n) is 1.66. The van der Waals surface area contributed by atoms with Gasteiger partial charge in [-0.15, -0.1) is 0 Å². The van der Waals surface area contributed by atoms with Crippen LogP contribution in [-0.4, -0.2) is 9.97 Å². The van der Waals surface area contributed by atoms with Crippen molar-refractivity contribution in [2.45, 2.75) is 6.92 Å². The Bertz CT molecular complexity index is 643. The van der Waals surface area contributed by atoms with E-state index in [1.807, 2.05) is 43.3 Å². The molecule has 3 nitrogen and oxygen atoms in total. The standard InChI is InChI=1S/C13H10N2O/c1-9-8-16-13(14-9)12-7-6-10-4-2-3-5-11(10)15-12/h2-8H,1H3. The van der Waals surface area contributed by atoms with E-state index in [4.69, 9.17) is 4.42 Å². The van der Waals surface area contributed by atoms with Crippen LogP contribution >= 0.6 is 0 Å². The molecule has 0 aliphatic rings. The number of fused-ring (bicyclic) bond motifs is 1. The lowest BCUT2D eigenvalue weighted by molar-refractivity contribution is 0.571. The largest absolute Gasteiger partial charge is 0.443 e. The van der Waals surface area contributed by atoms with Crippen LogP contribution in [0, 0.1) is 6.92 Å². The maximum Gasteiger partial charge on any atom is 0.245 e. The third-order valence-corrected chi connectivity index (χ3v) is 2.44. The molecular weight excluding hydrogens is 200 g/mol. The van der Waals surface area contributed by atoms with Gasteiger partial charge in [0, 0.05) is 5.39 Å². The van der Waals surface area contributed by atoms with Crippen LogP contribution in [0.2, 0.25) is 0 Å². The van der Waals surface area contributed by atoms with Gasteiger partial charge in [-0.2, -0.15) is 0 Å². The van der Waals surface area contributed by atoms with Gasteiger partial charge in [0.2, 0.25) is 5.89 Å². The molecule has 0 saturated carbocycles. The van der Waals surface area contributed by atoms with E-state index < -0.39 is 0 Å². The zero-order valence-corrected chi connectivity index (χ0v) is 8.84. The summed E-state index contributed by atoms with van der Waals surface area (Å²) in [5, 5.41) is 1.12. The first-order valence-electron chi connectivity index (χ1n) is 5.11. The topological polar surface area (TPSA) is 38.9 Å². The van der Waals surface area contributed by atoms with E-state index in [0.29, 0.717) is 5.89 Å². The zero-order chi connectivity index (χ0) is 11.0. The van der Waals surface area contributed by atoms with E-state index in [0.717, 1.165) is 22.3 Å². The molecule has 78 valence electrons. The molecule has 0 atom stereocenters. The van der Waals surface area contributed by atoms with Gasteiger partial charge in [-0.25, -0.2) is 9.97 Å². The molecule has 1 aromatic carbocycles. The second-order valence-corrected chi connectivity index (χ2v) is 3.68. The van der Waals surface area contributed by atoms with E-state index in [-0.39, 0.29) is 0 Å². The van der Waals surface area contributed by atoms with Gasteiger partial charge in [-0.1, -0.05) is 24.3 Å². The molecule has 0 unspecified atom stereocenters. The number of aromatic nitrogens is 2. The van der Waals surface area contributed by atoms with Crippen LogP contribution < -0.4 is 0 Å². The smallest absolute Gasteiger partial charge is 0.245 e. The van der Waals surface area contributed by atoms with Gasteiger partial charge in [-0.05, 0) is 19.1 Å². The maximum absolute atomic E-state index is 5.33. The monoisotopic (exact) mass is 210 g/mol. The number of pyridine rings is 1. The molecule has 3 rings (SSSR count). The van der Waals surface area contributed by atoms with Crippen LogP contribution in [0.5, 0.6) is 0 Å². The molecule has 16 heavy (non-hydrogen) atoms. The van der Waals surface area contributed by atoms with Crippen molar-refractivity contribution in [2.24, 2.45) is 0 Å². The minimum absolute atomic E-state index is 0.572. The van der Waals surface area contributed by atoms with Gasteiger partial charge in [0.25, 0.3) is 0 Å². The Hall–Kier alpha value is -2.16. The Morgan fingerprint density at radius 3 is 2.69 bits per heavy atom. The average molecular weight is 210 g/mol. The lowest BCUT2D eigenvalue weighted by Gasteiger charge is -1.98. The van der Waals surface area contributed by atoms with Gasteiger partial charge < -0.3 is 4.42 Å². The highest BCUT2D eigenvalue weighted by molar-refractivity contribution is 5.80. The van der Waals surface area contributed by atoms with Crippen LogP contribution in [0.3, 0.4) is 0 Å². The van der Waals surface area contributed by atoms with Crippen molar-refractivity contribution >= 4 is 10.9 Å². The minimum atomic E-state index is 0.572. The quantitative estimate of drug-likeness (QED) is 0.619. The van der Waals surface area contributed by atoms with Gasteiger partial charge in [0.15, 0.2) is 0 Å². The summed E-state index contributed by atoms with van der Waals surface area (Å²) in [4.78, 5) is 8.76. The van der Waals surface area contributed by atoms with Crippen LogP contribution in [0.1, 0.15) is 5.69 Å². The van der Waals surface area contributed by atoms with E-state index in [9.17, 15) is 0 Å². The van der Waals surface area contributed by atoms with Crippen LogP contribution in [-0.2, 0) is 0 Å². The Balaban J connectivity index is 2.18. The number of nitrogens with zero attached hydrogens (tertiary/aromatic N) is 2. The molecule has 2 aromatic heterocycles. The molecule has 3 aromatic rings. The van der Waals surface area contributed by atoms with Crippen molar-refractivity contribution in [1.29, 1.82) is 0 Å². The molecular formula is C13H10N2O. The van der Waals surface area contributed by atoms with Crippen molar-refractivity contribution in [1.82, 2.24) is 9.97 Å². The van der Waals surface area contributed by atoms with Crippen molar-refractivity contribution < 1.29 is 4.42 Å². The molecule has 0 fully saturated rings. The lowest BCUT2D eigenvalue weighted by atomic mass is 10.2. The van der Waals surface area contributed by atoms with Crippen molar-refractivity contribution in [3.05, 3.63) is 48.4 Å². The lowest BCUT2D eigenvalue weighted by Crippen LogP contribution is -1.85. The summed E-state index contributed by atoms with van der Waals surface area (Å²) in [7, 11) is 0. The average Bonchev–Trinajstić information content (AvgIpc) is 2.75. The second kappa shape index (κ2) is 3.45. The SMILES string of the molecule is Cc1coc(-c2ccc3ccccc3n2)n1. The number of hydrogen-bond donors (Lipinski definition) is 0. The van der Waals surface area contributed by atoms with Crippen molar-refractivity contribution in [3.63, 3.8) is 0 Å². The minimum Gasteiger partial charge on any atom is -0.443 e. The zero-order valence-electron chi connectivity index (χ0n) is 8.84. The van der Waals surface area contributed by atoms with Gasteiger partial charge in [-0.3, -0.25) is 0 Å². The molecule has 0 N–H and O–H groups in total. The first-order valence-corrected chi connectivity index (χ1v) is 5.11. The summed E-state index contributed by atoms with van der Waals surface area (Å²) in [6.07, 6.45) is 1.63. The van der Waals surface area contributed by atoms with Gasteiger partial charge in [0.05, 0.1) is 11.2 Å².